The number of nitrogens with one attached hydrogen (secondary N) is 1. The topological polar surface area (TPSA) is 95.9 Å². The molecule has 3 atom stereocenters. The molecule has 1 amide bonds. The van der Waals surface area contributed by atoms with Crippen molar-refractivity contribution in [3.05, 3.63) is 12.2 Å². The molecule has 0 heterocycles. The Morgan fingerprint density at radius 1 is 0.424 bits per heavy atom. The van der Waals surface area contributed by atoms with Crippen LogP contribution in [0.15, 0.2) is 12.2 Å². The van der Waals surface area contributed by atoms with Crippen LogP contribution in [-0.2, 0) is 14.3 Å². The molecule has 0 aliphatic carbocycles. The van der Waals surface area contributed by atoms with Crippen molar-refractivity contribution in [3.63, 3.8) is 0 Å². The fraction of sp³-hybridized carbons (Fsp3) is 0.933. The van der Waals surface area contributed by atoms with Crippen LogP contribution in [0.1, 0.15) is 335 Å². The van der Waals surface area contributed by atoms with Gasteiger partial charge in [0.2, 0.25) is 5.91 Å². The molecule has 6 nitrogen and oxygen atoms in total. The molecule has 6 heteroatoms. The van der Waals surface area contributed by atoms with Crippen molar-refractivity contribution in [1.29, 1.82) is 0 Å². The fourth-order valence-electron chi connectivity index (χ4n) is 9.55. The second-order valence-corrected chi connectivity index (χ2v) is 20.8. The molecule has 0 fully saturated rings. The van der Waals surface area contributed by atoms with Gasteiger partial charge in [-0.1, -0.05) is 283 Å². The van der Waals surface area contributed by atoms with Gasteiger partial charge in [-0.2, -0.15) is 0 Å². The van der Waals surface area contributed by atoms with E-state index in [1.165, 1.54) is 238 Å². The highest BCUT2D eigenvalue weighted by molar-refractivity contribution is 5.77. The maximum atomic E-state index is 13.3. The van der Waals surface area contributed by atoms with Crippen LogP contribution in [0.3, 0.4) is 0 Å². The number of esters is 1. The van der Waals surface area contributed by atoms with E-state index in [1.807, 2.05) is 0 Å². The molecule has 66 heavy (non-hydrogen) atoms. The molecule has 0 aromatic rings. The smallest absolute Gasteiger partial charge is 0.306 e. The summed E-state index contributed by atoms with van der Waals surface area (Å²) < 4.78 is 5.97. The lowest BCUT2D eigenvalue weighted by Crippen LogP contribution is -2.46. The molecule has 3 N–H and O–H groups in total. The molecule has 0 saturated heterocycles. The molecule has 0 aliphatic heterocycles. The van der Waals surface area contributed by atoms with Gasteiger partial charge in [0.15, 0.2) is 0 Å². The number of hydrogen-bond acceptors (Lipinski definition) is 5. The molecule has 0 bridgehead atoms. The van der Waals surface area contributed by atoms with Gasteiger partial charge in [0.05, 0.1) is 25.2 Å². The van der Waals surface area contributed by atoms with Crippen molar-refractivity contribution in [2.45, 2.75) is 354 Å². The summed E-state index contributed by atoms with van der Waals surface area (Å²) in [5, 5.41) is 23.9. The van der Waals surface area contributed by atoms with Crippen LogP contribution >= 0.6 is 0 Å². The quantitative estimate of drug-likeness (QED) is 0.0321. The Morgan fingerprint density at radius 3 is 1.08 bits per heavy atom. The second-order valence-electron chi connectivity index (χ2n) is 20.8. The minimum Gasteiger partial charge on any atom is -0.462 e. The molecule has 0 saturated carbocycles. The summed E-state index contributed by atoms with van der Waals surface area (Å²) in [6.07, 6.45) is 62.8. The number of hydrogen-bond donors (Lipinski definition) is 3. The first-order valence-corrected chi connectivity index (χ1v) is 29.9. The Balaban J connectivity index is 4.50. The molecule has 0 radical (unpaired) electrons. The summed E-state index contributed by atoms with van der Waals surface area (Å²) >= 11 is 0. The predicted octanol–water partition coefficient (Wildman–Crippen LogP) is 18.5. The number of rotatable bonds is 55. The maximum Gasteiger partial charge on any atom is 0.306 e. The number of ether oxygens (including phenoxy) is 1. The summed E-state index contributed by atoms with van der Waals surface area (Å²) in [6.45, 7) is 6.53. The van der Waals surface area contributed by atoms with Crippen LogP contribution in [-0.4, -0.2) is 46.9 Å². The Morgan fingerprint density at radius 2 is 0.727 bits per heavy atom. The monoisotopic (exact) mass is 932 g/mol. The molecular formula is C60H117NO5. The van der Waals surface area contributed by atoms with E-state index in [0.29, 0.717) is 19.3 Å². The van der Waals surface area contributed by atoms with E-state index >= 15 is 0 Å². The fourth-order valence-corrected chi connectivity index (χ4v) is 9.55. The molecule has 3 unspecified atom stereocenters. The first-order valence-electron chi connectivity index (χ1n) is 29.9. The van der Waals surface area contributed by atoms with Gasteiger partial charge in [-0.15, -0.1) is 0 Å². The average Bonchev–Trinajstić information content (AvgIpc) is 3.31. The van der Waals surface area contributed by atoms with Crippen molar-refractivity contribution in [1.82, 2.24) is 5.32 Å². The third-order valence-corrected chi connectivity index (χ3v) is 14.1. The highest BCUT2D eigenvalue weighted by atomic mass is 16.5. The molecule has 392 valence electrons. The van der Waals surface area contributed by atoms with Gasteiger partial charge in [0.1, 0.15) is 6.10 Å². The number of unbranched alkanes of at least 4 members (excludes halogenated alkanes) is 41. The molecule has 0 rings (SSSR count). The Hall–Kier alpha value is -1.40. The van der Waals surface area contributed by atoms with Gasteiger partial charge in [-0.3, -0.25) is 9.59 Å². The molecular weight excluding hydrogens is 815 g/mol. The number of aliphatic hydroxyl groups is 2. The molecule has 0 aromatic carbocycles. The van der Waals surface area contributed by atoms with E-state index in [9.17, 15) is 19.8 Å². The van der Waals surface area contributed by atoms with Gasteiger partial charge in [0, 0.05) is 6.42 Å². The Labute approximate surface area is 412 Å². The minimum atomic E-state index is -0.784. The summed E-state index contributed by atoms with van der Waals surface area (Å²) in [5.74, 6) is -0.459. The number of amides is 1. The van der Waals surface area contributed by atoms with Gasteiger partial charge in [0.25, 0.3) is 0 Å². The maximum absolute atomic E-state index is 13.3. The predicted molar refractivity (Wildman–Crippen MR) is 287 cm³/mol. The largest absolute Gasteiger partial charge is 0.462 e. The van der Waals surface area contributed by atoms with Crippen molar-refractivity contribution in [2.24, 2.45) is 0 Å². The summed E-state index contributed by atoms with van der Waals surface area (Å²) in [5.41, 5.74) is 0. The number of allylic oxidation sites excluding steroid dienone is 2. The lowest BCUT2D eigenvalue weighted by atomic mass is 10.0. The first-order chi connectivity index (χ1) is 32.5. The van der Waals surface area contributed by atoms with Crippen LogP contribution in [0.25, 0.3) is 0 Å². The summed E-state index contributed by atoms with van der Waals surface area (Å²) in [6, 6.07) is -0.698. The van der Waals surface area contributed by atoms with E-state index in [-0.39, 0.29) is 24.9 Å². The lowest BCUT2D eigenvalue weighted by Gasteiger charge is -2.24. The van der Waals surface area contributed by atoms with Crippen LogP contribution in [0.5, 0.6) is 0 Å². The average molecular weight is 933 g/mol. The third kappa shape index (κ3) is 49.0. The zero-order chi connectivity index (χ0) is 48.1. The number of carbonyl (C=O) groups excluding carboxylic acids is 2. The van der Waals surface area contributed by atoms with E-state index < -0.39 is 18.2 Å². The minimum absolute atomic E-state index is 0.0824. The zero-order valence-electron chi connectivity index (χ0n) is 44.9. The normalized spacial score (nSPS) is 13.1. The van der Waals surface area contributed by atoms with E-state index in [1.54, 1.807) is 0 Å². The third-order valence-electron chi connectivity index (χ3n) is 14.1. The molecule has 0 aromatic heterocycles. The lowest BCUT2D eigenvalue weighted by molar-refractivity contribution is -0.151. The van der Waals surface area contributed by atoms with E-state index in [4.69, 9.17) is 4.74 Å². The summed E-state index contributed by atoms with van der Waals surface area (Å²) in [4.78, 5) is 26.3. The van der Waals surface area contributed by atoms with Crippen LogP contribution in [0.2, 0.25) is 0 Å². The number of carbonyl (C=O) groups is 2. The van der Waals surface area contributed by atoms with Gasteiger partial charge in [-0.25, -0.2) is 0 Å². The second kappa shape index (κ2) is 54.5. The van der Waals surface area contributed by atoms with Crippen molar-refractivity contribution < 1.29 is 24.5 Å². The zero-order valence-corrected chi connectivity index (χ0v) is 44.9. The highest BCUT2D eigenvalue weighted by Crippen LogP contribution is 2.19. The van der Waals surface area contributed by atoms with Gasteiger partial charge < -0.3 is 20.3 Å². The van der Waals surface area contributed by atoms with Gasteiger partial charge in [-0.05, 0) is 51.4 Å². The van der Waals surface area contributed by atoms with Gasteiger partial charge >= 0.3 is 5.97 Å². The highest BCUT2D eigenvalue weighted by Gasteiger charge is 2.24. The first kappa shape index (κ1) is 64.6. The number of aliphatic hydroxyl groups excluding tert-OH is 2. The van der Waals surface area contributed by atoms with Crippen molar-refractivity contribution in [2.75, 3.05) is 6.61 Å². The Kier molecular flexibility index (Phi) is 53.4. The van der Waals surface area contributed by atoms with Crippen molar-refractivity contribution >= 4 is 11.9 Å². The van der Waals surface area contributed by atoms with Crippen LogP contribution < -0.4 is 5.32 Å². The molecule has 0 spiro atoms. The summed E-state index contributed by atoms with van der Waals surface area (Å²) in [7, 11) is 0. The van der Waals surface area contributed by atoms with E-state index in [2.05, 4.69) is 38.2 Å². The van der Waals surface area contributed by atoms with Crippen molar-refractivity contribution in [3.8, 4) is 0 Å². The van der Waals surface area contributed by atoms with Crippen LogP contribution in [0.4, 0.5) is 0 Å². The molecule has 0 aliphatic rings. The van der Waals surface area contributed by atoms with E-state index in [0.717, 1.165) is 51.4 Å². The standard InChI is InChI=1S/C60H117NO5/c1-4-7-10-13-16-19-22-25-28-31-34-37-40-43-46-49-52-58(63)57(55-62)61-59(64)54-56(51-48-45-42-39-36-33-30-27-24-21-18-15-12-9-6-3)66-60(65)53-50-47-44-41-38-35-32-29-26-23-20-17-14-11-8-5-2/h29,32,56-58,62-63H,4-28,30-31,33-55H2,1-3H3,(H,61,64)/b32-29+. The Bertz CT molecular complexity index is 1000. The SMILES string of the molecule is CCCCCCCCC/C=C/CCCCCCCC(=O)OC(CCCCCCCCCCCCCCCCC)CC(=O)NC(CO)C(O)CCCCCCCCCCCCCCCCCC. The van der Waals surface area contributed by atoms with Crippen LogP contribution in [0, 0.1) is 0 Å².